The molecule has 198 valence electrons. The molecule has 4 rings (SSSR count). The van der Waals surface area contributed by atoms with Crippen molar-refractivity contribution in [2.45, 2.75) is 26.1 Å². The van der Waals surface area contributed by atoms with Gasteiger partial charge in [0, 0.05) is 42.0 Å². The van der Waals surface area contributed by atoms with Gasteiger partial charge in [0.2, 0.25) is 0 Å². The summed E-state index contributed by atoms with van der Waals surface area (Å²) in [4.78, 5) is 21.7. The van der Waals surface area contributed by atoms with Crippen molar-refractivity contribution >= 4 is 40.8 Å². The minimum absolute atomic E-state index is 0.0288. The molecule has 0 unspecified atom stereocenters. The molecule has 0 atom stereocenters. The Morgan fingerprint density at radius 3 is 2.71 bits per heavy atom. The molecule has 0 fully saturated rings. The first-order valence-corrected chi connectivity index (χ1v) is 13.2. The highest BCUT2D eigenvalue weighted by molar-refractivity contribution is 7.99. The number of rotatable bonds is 9. The van der Waals surface area contributed by atoms with E-state index in [4.69, 9.17) is 16.3 Å². The minimum Gasteiger partial charge on any atom is -0.485 e. The molecule has 0 radical (unpaired) electrons. The zero-order valence-electron chi connectivity index (χ0n) is 21.3. The van der Waals surface area contributed by atoms with Crippen LogP contribution in [0.25, 0.3) is 11.4 Å². The van der Waals surface area contributed by atoms with Crippen molar-refractivity contribution in [2.75, 3.05) is 16.3 Å². The van der Waals surface area contributed by atoms with E-state index in [1.165, 1.54) is 18.0 Å². The number of carbonyl (C=O) groups is 1. The van der Waals surface area contributed by atoms with E-state index in [9.17, 15) is 14.3 Å². The van der Waals surface area contributed by atoms with Gasteiger partial charge in [-0.05, 0) is 50.2 Å². The second kappa shape index (κ2) is 11.4. The van der Waals surface area contributed by atoms with Gasteiger partial charge in [-0.15, -0.1) is 0 Å². The van der Waals surface area contributed by atoms with Crippen LogP contribution in [0.5, 0.6) is 5.75 Å². The number of ether oxygens (including phenoxy) is 1. The van der Waals surface area contributed by atoms with Gasteiger partial charge < -0.3 is 24.4 Å². The molecular weight excluding hydrogens is 529 g/mol. The largest absolute Gasteiger partial charge is 0.485 e. The van der Waals surface area contributed by atoms with E-state index in [-0.39, 0.29) is 18.3 Å². The molecule has 1 amide bonds. The molecule has 0 aliphatic carbocycles. The van der Waals surface area contributed by atoms with E-state index < -0.39 is 11.4 Å². The van der Waals surface area contributed by atoms with Crippen LogP contribution in [0, 0.1) is 5.82 Å². The number of halogens is 2. The first kappa shape index (κ1) is 27.4. The van der Waals surface area contributed by atoms with E-state index >= 15 is 0 Å². The Labute approximate surface area is 229 Å². The lowest BCUT2D eigenvalue weighted by atomic mass is 10.0. The van der Waals surface area contributed by atoms with Gasteiger partial charge in [-0.3, -0.25) is 9.78 Å². The average Bonchev–Trinajstić information content (AvgIpc) is 3.24. The molecule has 0 saturated carbocycles. The molecule has 3 N–H and O–H groups in total. The summed E-state index contributed by atoms with van der Waals surface area (Å²) in [5.41, 5.74) is 2.52. The van der Waals surface area contributed by atoms with Gasteiger partial charge in [0.05, 0.1) is 28.8 Å². The summed E-state index contributed by atoms with van der Waals surface area (Å²) in [6, 6.07) is 13.3. The highest BCUT2D eigenvalue weighted by atomic mass is 35.5. The van der Waals surface area contributed by atoms with Crippen LogP contribution in [0.4, 0.5) is 15.8 Å². The highest BCUT2D eigenvalue weighted by Gasteiger charge is 2.20. The van der Waals surface area contributed by atoms with Crippen molar-refractivity contribution in [3.05, 3.63) is 88.7 Å². The number of hydrogen-bond donors (Lipinski definition) is 3. The Morgan fingerprint density at radius 1 is 1.21 bits per heavy atom. The van der Waals surface area contributed by atoms with Crippen molar-refractivity contribution in [3.63, 3.8) is 0 Å². The van der Waals surface area contributed by atoms with Crippen LogP contribution in [0.2, 0.25) is 5.02 Å². The molecule has 0 aliphatic rings. The number of aromatic nitrogens is 3. The molecule has 11 heteroatoms. The van der Waals surface area contributed by atoms with Crippen molar-refractivity contribution in [3.8, 4) is 17.1 Å². The summed E-state index contributed by atoms with van der Waals surface area (Å²) in [5, 5.41) is 13.6. The summed E-state index contributed by atoms with van der Waals surface area (Å²) >= 11 is 7.60. The number of nitrogens with zero attached hydrogens (tertiary/aromatic N) is 3. The number of aliphatic hydroxyl groups is 1. The monoisotopic (exact) mass is 555 g/mol. The van der Waals surface area contributed by atoms with Crippen LogP contribution in [-0.2, 0) is 19.3 Å². The van der Waals surface area contributed by atoms with Crippen molar-refractivity contribution in [2.24, 2.45) is 7.05 Å². The van der Waals surface area contributed by atoms with Gasteiger partial charge in [-0.1, -0.05) is 29.6 Å². The number of benzene rings is 1. The summed E-state index contributed by atoms with van der Waals surface area (Å²) in [6.45, 7) is 3.31. The predicted octanol–water partition coefficient (Wildman–Crippen LogP) is 6.02. The first-order chi connectivity index (χ1) is 18.0. The Hall–Kier alpha value is -3.60. The molecule has 1 aromatic carbocycles. The second-order valence-electron chi connectivity index (χ2n) is 9.08. The van der Waals surface area contributed by atoms with E-state index in [1.807, 2.05) is 6.26 Å². The zero-order chi connectivity index (χ0) is 27.4. The molecule has 0 spiro atoms. The molecule has 0 bridgehead atoms. The average molecular weight is 556 g/mol. The molecule has 8 nitrogen and oxygen atoms in total. The van der Waals surface area contributed by atoms with Gasteiger partial charge in [0.1, 0.15) is 23.7 Å². The highest BCUT2D eigenvalue weighted by Crippen LogP contribution is 2.31. The van der Waals surface area contributed by atoms with Gasteiger partial charge >= 0.3 is 0 Å². The SMILES string of the molecule is CSNc1cc(Cl)cc(NC(=O)c2cc(-c3ncc(F)cc3OCc3cccc(C(C)(C)O)n3)n(C)c2)c1. The number of anilines is 2. The quantitative estimate of drug-likeness (QED) is 0.217. The van der Waals surface area contributed by atoms with Crippen molar-refractivity contribution < 1.29 is 19.0 Å². The lowest BCUT2D eigenvalue weighted by Gasteiger charge is -2.17. The lowest BCUT2D eigenvalue weighted by molar-refractivity contribution is 0.0733. The Balaban J connectivity index is 1.57. The van der Waals surface area contributed by atoms with Gasteiger partial charge in [-0.25, -0.2) is 9.37 Å². The standard InChI is InChI=1S/C27H27ClFN5O3S/c1-27(2,36)24-7-5-6-19(31-24)15-37-23-11-18(29)13-30-25(23)22-8-16(14-34(22)3)26(35)32-20-9-17(28)10-21(12-20)33-38-4/h5-14,33,36H,15H2,1-4H3,(H,32,35). The van der Waals surface area contributed by atoms with Crippen LogP contribution in [0.15, 0.2) is 60.9 Å². The fourth-order valence-corrected chi connectivity index (χ4v) is 4.33. The summed E-state index contributed by atoms with van der Waals surface area (Å²) < 4.78 is 24.8. The number of aryl methyl sites for hydroxylation is 1. The second-order valence-corrected chi connectivity index (χ2v) is 10.1. The van der Waals surface area contributed by atoms with Gasteiger partial charge in [-0.2, -0.15) is 0 Å². The fraction of sp³-hybridized carbons (Fsp3) is 0.222. The third kappa shape index (κ3) is 6.63. The molecular formula is C27H27ClFN5O3S. The van der Waals surface area contributed by atoms with E-state index in [0.29, 0.717) is 39.0 Å². The van der Waals surface area contributed by atoms with E-state index in [1.54, 1.807) is 74.1 Å². The molecule has 3 aromatic heterocycles. The maximum atomic E-state index is 14.1. The third-order valence-corrected chi connectivity index (χ3v) is 6.17. The minimum atomic E-state index is -1.11. The summed E-state index contributed by atoms with van der Waals surface area (Å²) in [5.74, 6) is -0.720. The number of nitrogens with one attached hydrogen (secondary N) is 2. The predicted molar refractivity (Wildman–Crippen MR) is 149 cm³/mol. The Bertz CT molecular complexity index is 1470. The van der Waals surface area contributed by atoms with E-state index in [2.05, 4.69) is 20.0 Å². The Kier molecular flexibility index (Phi) is 8.25. The van der Waals surface area contributed by atoms with E-state index in [0.717, 1.165) is 11.9 Å². The topological polar surface area (TPSA) is 101 Å². The normalized spacial score (nSPS) is 11.3. The molecule has 38 heavy (non-hydrogen) atoms. The van der Waals surface area contributed by atoms with Crippen molar-refractivity contribution in [1.29, 1.82) is 0 Å². The zero-order valence-corrected chi connectivity index (χ0v) is 22.8. The summed E-state index contributed by atoms with van der Waals surface area (Å²) in [6.07, 6.45) is 4.63. The number of carbonyl (C=O) groups excluding carboxylic acids is 1. The van der Waals surface area contributed by atoms with Crippen LogP contribution in [0.1, 0.15) is 35.6 Å². The van der Waals surface area contributed by atoms with Crippen LogP contribution >= 0.6 is 23.5 Å². The molecule has 0 saturated heterocycles. The Morgan fingerprint density at radius 2 is 1.97 bits per heavy atom. The third-order valence-electron chi connectivity index (χ3n) is 5.51. The number of amides is 1. The van der Waals surface area contributed by atoms with Gasteiger partial charge in [0.15, 0.2) is 5.75 Å². The summed E-state index contributed by atoms with van der Waals surface area (Å²) in [7, 11) is 1.76. The van der Waals surface area contributed by atoms with Crippen molar-refractivity contribution in [1.82, 2.24) is 14.5 Å². The van der Waals surface area contributed by atoms with Gasteiger partial charge in [0.25, 0.3) is 5.91 Å². The van der Waals surface area contributed by atoms with Crippen LogP contribution < -0.4 is 14.8 Å². The number of pyridine rings is 2. The van der Waals surface area contributed by atoms with Crippen LogP contribution in [-0.4, -0.2) is 31.8 Å². The molecule has 0 aliphatic heterocycles. The number of hydrogen-bond acceptors (Lipinski definition) is 7. The van der Waals surface area contributed by atoms with Crippen LogP contribution in [0.3, 0.4) is 0 Å². The lowest BCUT2D eigenvalue weighted by Crippen LogP contribution is -2.18. The smallest absolute Gasteiger partial charge is 0.257 e. The fourth-order valence-electron chi connectivity index (χ4n) is 3.74. The molecule has 4 aromatic rings. The maximum Gasteiger partial charge on any atom is 0.257 e. The maximum absolute atomic E-state index is 14.1. The molecule has 3 heterocycles. The first-order valence-electron chi connectivity index (χ1n) is 11.6.